The molecule has 2 aromatic rings. The second-order valence-electron chi connectivity index (χ2n) is 8.28. The summed E-state index contributed by atoms with van der Waals surface area (Å²) in [5, 5.41) is 3.84. The van der Waals surface area contributed by atoms with Crippen LogP contribution in [0.15, 0.2) is 27.6 Å². The van der Waals surface area contributed by atoms with Gasteiger partial charge in [-0.1, -0.05) is 18.1 Å². The van der Waals surface area contributed by atoms with Crippen LogP contribution in [0.5, 0.6) is 0 Å². The number of hydrogen-bond acceptors (Lipinski definition) is 7. The van der Waals surface area contributed by atoms with Crippen molar-refractivity contribution in [2.45, 2.75) is 69.8 Å². The molecule has 4 rings (SSSR count). The molecule has 168 valence electrons. The van der Waals surface area contributed by atoms with Gasteiger partial charge in [-0.2, -0.15) is 9.29 Å². The Morgan fingerprint density at radius 1 is 1.19 bits per heavy atom. The van der Waals surface area contributed by atoms with Crippen molar-refractivity contribution in [3.8, 4) is 0 Å². The van der Waals surface area contributed by atoms with Gasteiger partial charge in [-0.25, -0.2) is 8.42 Å². The summed E-state index contributed by atoms with van der Waals surface area (Å²) in [4.78, 5) is 16.9. The number of carbonyl (C=O) groups is 1. The minimum atomic E-state index is -3.55. The van der Waals surface area contributed by atoms with E-state index in [1.165, 1.54) is 9.87 Å². The van der Waals surface area contributed by atoms with Gasteiger partial charge < -0.3 is 9.26 Å². The van der Waals surface area contributed by atoms with E-state index in [0.717, 1.165) is 37.7 Å². The highest BCUT2D eigenvalue weighted by atomic mass is 32.2. The van der Waals surface area contributed by atoms with Gasteiger partial charge >= 0.3 is 5.97 Å². The quantitative estimate of drug-likeness (QED) is 0.601. The minimum absolute atomic E-state index is 0.0524. The zero-order valence-electron chi connectivity index (χ0n) is 17.9. The molecule has 0 amide bonds. The van der Waals surface area contributed by atoms with Crippen molar-refractivity contribution in [1.29, 1.82) is 0 Å². The van der Waals surface area contributed by atoms with Crippen LogP contribution in [-0.4, -0.2) is 41.9 Å². The Kier molecular flexibility index (Phi) is 6.71. The second kappa shape index (κ2) is 9.48. The van der Waals surface area contributed by atoms with Gasteiger partial charge in [0, 0.05) is 19.5 Å². The second-order valence-corrected chi connectivity index (χ2v) is 10.2. The van der Waals surface area contributed by atoms with Crippen LogP contribution in [0.4, 0.5) is 0 Å². The molecule has 0 N–H and O–H groups in total. The fraction of sp³-hybridized carbons (Fsp3) is 0.591. The predicted octanol–water partition coefficient (Wildman–Crippen LogP) is 3.05. The first kappa shape index (κ1) is 22.0. The lowest BCUT2D eigenvalue weighted by Gasteiger charge is -2.30. The smallest absolute Gasteiger partial charge is 0.309 e. The molecule has 0 saturated carbocycles. The summed E-state index contributed by atoms with van der Waals surface area (Å²) >= 11 is 0. The molecule has 0 bridgehead atoms. The number of benzene rings is 1. The first-order valence-electron chi connectivity index (χ1n) is 11.1. The van der Waals surface area contributed by atoms with E-state index < -0.39 is 10.0 Å². The average molecular weight is 448 g/mol. The van der Waals surface area contributed by atoms with Gasteiger partial charge in [0.25, 0.3) is 5.89 Å². The molecular formula is C22H29N3O5S. The van der Waals surface area contributed by atoms with Gasteiger partial charge in [0.1, 0.15) is 0 Å². The van der Waals surface area contributed by atoms with Gasteiger partial charge in [0.15, 0.2) is 12.4 Å². The normalized spacial score (nSPS) is 18.0. The standard InChI is InChI=1S/C22H29N3O5S/c1-2-5-20-23-21(30-24-20)15-29-22(26)17-10-12-25(13-11-17)31(27,28)19-9-8-16-6-3-4-7-18(16)14-19/h8-9,14,17H,2-7,10-13,15H2,1H3. The highest BCUT2D eigenvalue weighted by molar-refractivity contribution is 7.89. The summed E-state index contributed by atoms with van der Waals surface area (Å²) in [6.07, 6.45) is 6.73. The van der Waals surface area contributed by atoms with Crippen molar-refractivity contribution in [3.05, 3.63) is 41.0 Å². The van der Waals surface area contributed by atoms with Crippen molar-refractivity contribution in [3.63, 3.8) is 0 Å². The molecule has 1 fully saturated rings. The predicted molar refractivity (Wildman–Crippen MR) is 113 cm³/mol. The number of aryl methyl sites for hydroxylation is 3. The zero-order valence-corrected chi connectivity index (χ0v) is 18.7. The first-order valence-corrected chi connectivity index (χ1v) is 12.5. The Balaban J connectivity index is 1.31. The summed E-state index contributed by atoms with van der Waals surface area (Å²) in [6.45, 7) is 2.58. The maximum absolute atomic E-state index is 13.1. The summed E-state index contributed by atoms with van der Waals surface area (Å²) in [5.74, 6) is 0.215. The number of rotatable bonds is 7. The highest BCUT2D eigenvalue weighted by Crippen LogP contribution is 2.28. The van der Waals surface area contributed by atoms with Gasteiger partial charge in [-0.05, 0) is 68.2 Å². The number of aromatic nitrogens is 2. The van der Waals surface area contributed by atoms with Crippen molar-refractivity contribution >= 4 is 16.0 Å². The number of hydrogen-bond donors (Lipinski definition) is 0. The Hall–Kier alpha value is -2.26. The van der Waals surface area contributed by atoms with Crippen molar-refractivity contribution in [2.24, 2.45) is 5.92 Å². The number of fused-ring (bicyclic) bond motifs is 1. The molecule has 1 aliphatic heterocycles. The molecule has 1 aromatic heterocycles. The van der Waals surface area contributed by atoms with Crippen LogP contribution in [0.1, 0.15) is 61.9 Å². The Morgan fingerprint density at radius 3 is 2.68 bits per heavy atom. The van der Waals surface area contributed by atoms with Crippen LogP contribution in [-0.2, 0) is 45.4 Å². The fourth-order valence-corrected chi connectivity index (χ4v) is 5.80. The Bertz CT molecular complexity index is 1030. The maximum atomic E-state index is 13.1. The maximum Gasteiger partial charge on any atom is 0.309 e. The van der Waals surface area contributed by atoms with Gasteiger partial charge in [-0.15, -0.1) is 0 Å². The molecule has 9 heteroatoms. The van der Waals surface area contributed by atoms with Crippen molar-refractivity contribution < 1.29 is 22.5 Å². The number of carbonyl (C=O) groups excluding carboxylic acids is 1. The number of ether oxygens (including phenoxy) is 1. The van der Waals surface area contributed by atoms with Gasteiger partial charge in [-0.3, -0.25) is 4.79 Å². The lowest BCUT2D eigenvalue weighted by atomic mass is 9.92. The zero-order chi connectivity index (χ0) is 21.8. The molecule has 0 unspecified atom stereocenters. The molecule has 0 atom stereocenters. The molecular weight excluding hydrogens is 418 g/mol. The van der Waals surface area contributed by atoms with E-state index in [1.54, 1.807) is 6.07 Å². The third-order valence-electron chi connectivity index (χ3n) is 6.07. The molecule has 8 nitrogen and oxygen atoms in total. The van der Waals surface area contributed by atoms with E-state index in [9.17, 15) is 13.2 Å². The van der Waals surface area contributed by atoms with Gasteiger partial charge in [0.2, 0.25) is 10.0 Å². The average Bonchev–Trinajstić information content (AvgIpc) is 3.25. The van der Waals surface area contributed by atoms with Crippen LogP contribution >= 0.6 is 0 Å². The van der Waals surface area contributed by atoms with Crippen LogP contribution < -0.4 is 0 Å². The first-order chi connectivity index (χ1) is 15.0. The van der Waals surface area contributed by atoms with E-state index in [1.807, 2.05) is 19.1 Å². The molecule has 31 heavy (non-hydrogen) atoms. The van der Waals surface area contributed by atoms with E-state index in [-0.39, 0.29) is 24.4 Å². The van der Waals surface area contributed by atoms with E-state index in [2.05, 4.69) is 10.1 Å². The van der Waals surface area contributed by atoms with E-state index in [4.69, 9.17) is 9.26 Å². The number of esters is 1. The number of sulfonamides is 1. The van der Waals surface area contributed by atoms with Crippen molar-refractivity contribution in [2.75, 3.05) is 13.1 Å². The SMILES string of the molecule is CCCc1noc(COC(=O)C2CCN(S(=O)(=O)c3ccc4c(c3)CCCC4)CC2)n1. The summed E-state index contributed by atoms with van der Waals surface area (Å²) < 4.78 is 38.1. The molecule has 1 aliphatic carbocycles. The van der Waals surface area contributed by atoms with Crippen LogP contribution in [0.3, 0.4) is 0 Å². The van der Waals surface area contributed by atoms with Crippen LogP contribution in [0.2, 0.25) is 0 Å². The van der Waals surface area contributed by atoms with E-state index in [0.29, 0.717) is 43.1 Å². The molecule has 0 radical (unpaired) electrons. The third-order valence-corrected chi connectivity index (χ3v) is 7.96. The molecule has 1 aromatic carbocycles. The minimum Gasteiger partial charge on any atom is -0.455 e. The third kappa shape index (κ3) is 4.98. The fourth-order valence-electron chi connectivity index (χ4n) is 4.28. The largest absolute Gasteiger partial charge is 0.455 e. The van der Waals surface area contributed by atoms with Gasteiger partial charge in [0.05, 0.1) is 10.8 Å². The molecule has 1 saturated heterocycles. The Morgan fingerprint density at radius 2 is 1.94 bits per heavy atom. The van der Waals surface area contributed by atoms with Crippen molar-refractivity contribution in [1.82, 2.24) is 14.4 Å². The molecule has 0 spiro atoms. The van der Waals surface area contributed by atoms with Crippen LogP contribution in [0.25, 0.3) is 0 Å². The monoisotopic (exact) mass is 447 g/mol. The van der Waals surface area contributed by atoms with E-state index >= 15 is 0 Å². The lowest BCUT2D eigenvalue weighted by Crippen LogP contribution is -2.40. The summed E-state index contributed by atoms with van der Waals surface area (Å²) in [6, 6.07) is 5.51. The Labute approximate surface area is 183 Å². The topological polar surface area (TPSA) is 103 Å². The summed E-state index contributed by atoms with van der Waals surface area (Å²) in [5.41, 5.74) is 2.41. The highest BCUT2D eigenvalue weighted by Gasteiger charge is 2.33. The molecule has 2 aliphatic rings. The number of nitrogens with zero attached hydrogens (tertiary/aromatic N) is 3. The lowest BCUT2D eigenvalue weighted by molar-refractivity contribution is -0.152. The molecule has 2 heterocycles. The number of piperidine rings is 1. The van der Waals surface area contributed by atoms with Crippen LogP contribution in [0, 0.1) is 5.92 Å². The summed E-state index contributed by atoms with van der Waals surface area (Å²) in [7, 11) is -3.55.